The van der Waals surface area contributed by atoms with Gasteiger partial charge in [-0.3, -0.25) is 4.79 Å². The molecule has 0 aliphatic rings. The van der Waals surface area contributed by atoms with E-state index in [1.807, 2.05) is 19.1 Å². The van der Waals surface area contributed by atoms with E-state index in [2.05, 4.69) is 44.7 Å². The third-order valence-electron chi connectivity index (χ3n) is 4.02. The lowest BCUT2D eigenvalue weighted by Gasteiger charge is -2.18. The summed E-state index contributed by atoms with van der Waals surface area (Å²) >= 11 is 0. The molecule has 1 aromatic rings. The maximum atomic E-state index is 12.1. The Kier molecular flexibility index (Phi) is 8.18. The Balaban J connectivity index is 2.48. The van der Waals surface area contributed by atoms with E-state index >= 15 is 0 Å². The molecule has 0 aliphatic heterocycles. The first-order chi connectivity index (χ1) is 10.5. The quantitative estimate of drug-likeness (QED) is 0.649. The predicted octanol–water partition coefficient (Wildman–Crippen LogP) is 3.87. The Morgan fingerprint density at radius 2 is 1.68 bits per heavy atom. The normalized spacial score (nSPS) is 12.7. The van der Waals surface area contributed by atoms with Crippen molar-refractivity contribution in [1.29, 1.82) is 0 Å². The van der Waals surface area contributed by atoms with Crippen molar-refractivity contribution >= 4 is 5.97 Å². The first-order valence-electron chi connectivity index (χ1n) is 8.45. The van der Waals surface area contributed by atoms with Gasteiger partial charge in [-0.1, -0.05) is 52.0 Å². The molecule has 1 aromatic carbocycles. The molecule has 0 radical (unpaired) electrons. The number of rotatable bonds is 9. The number of nitrogens with zero attached hydrogens (tertiary/aromatic N) is 1. The molecule has 0 saturated carbocycles. The molecule has 22 heavy (non-hydrogen) atoms. The van der Waals surface area contributed by atoms with E-state index < -0.39 is 0 Å². The summed E-state index contributed by atoms with van der Waals surface area (Å²) in [6.07, 6.45) is 1.07. The van der Waals surface area contributed by atoms with Gasteiger partial charge in [0.05, 0.1) is 5.92 Å². The standard InChI is InChI=1S/C19H31NO2/c1-6-20(7-2)12-13-22-19(21)16(5)18-10-8-17(9-11-18)14-15(3)4/h8-11,15-16H,6-7,12-14H2,1-5H3. The molecular weight excluding hydrogens is 274 g/mol. The Morgan fingerprint density at radius 3 is 2.18 bits per heavy atom. The number of carbonyl (C=O) groups is 1. The first-order valence-corrected chi connectivity index (χ1v) is 8.45. The summed E-state index contributed by atoms with van der Waals surface area (Å²) < 4.78 is 5.41. The summed E-state index contributed by atoms with van der Waals surface area (Å²) in [7, 11) is 0. The molecule has 1 rings (SSSR count). The maximum absolute atomic E-state index is 12.1. The van der Waals surface area contributed by atoms with Crippen LogP contribution < -0.4 is 0 Å². The fraction of sp³-hybridized carbons (Fsp3) is 0.632. The Labute approximate surface area is 135 Å². The lowest BCUT2D eigenvalue weighted by atomic mass is 9.97. The molecule has 3 nitrogen and oxygen atoms in total. The van der Waals surface area contributed by atoms with Crippen molar-refractivity contribution < 1.29 is 9.53 Å². The smallest absolute Gasteiger partial charge is 0.313 e. The third kappa shape index (κ3) is 6.18. The van der Waals surface area contributed by atoms with Crippen LogP contribution in [0.4, 0.5) is 0 Å². The molecule has 0 bridgehead atoms. The fourth-order valence-electron chi connectivity index (χ4n) is 2.49. The zero-order valence-corrected chi connectivity index (χ0v) is 14.8. The number of hydrogen-bond donors (Lipinski definition) is 0. The van der Waals surface area contributed by atoms with Gasteiger partial charge in [0.25, 0.3) is 0 Å². The summed E-state index contributed by atoms with van der Waals surface area (Å²) in [6.45, 7) is 13.8. The van der Waals surface area contributed by atoms with Crippen LogP contribution in [0, 0.1) is 5.92 Å². The second kappa shape index (κ2) is 9.62. The van der Waals surface area contributed by atoms with Gasteiger partial charge >= 0.3 is 5.97 Å². The summed E-state index contributed by atoms with van der Waals surface area (Å²) in [6, 6.07) is 8.34. The van der Waals surface area contributed by atoms with Crippen molar-refractivity contribution in [3.05, 3.63) is 35.4 Å². The van der Waals surface area contributed by atoms with Gasteiger partial charge < -0.3 is 9.64 Å². The van der Waals surface area contributed by atoms with Crippen LogP contribution in [-0.2, 0) is 16.0 Å². The summed E-state index contributed by atoms with van der Waals surface area (Å²) in [5.74, 6) is 0.307. The van der Waals surface area contributed by atoms with Gasteiger partial charge in [0, 0.05) is 6.54 Å². The molecule has 0 aromatic heterocycles. The van der Waals surface area contributed by atoms with Gasteiger partial charge in [0.1, 0.15) is 6.61 Å². The molecule has 1 atom stereocenters. The average Bonchev–Trinajstić information content (AvgIpc) is 2.51. The minimum absolute atomic E-state index is 0.135. The highest BCUT2D eigenvalue weighted by Crippen LogP contribution is 2.18. The van der Waals surface area contributed by atoms with Gasteiger partial charge in [0.2, 0.25) is 0 Å². The van der Waals surface area contributed by atoms with E-state index in [0.29, 0.717) is 12.5 Å². The highest BCUT2D eigenvalue weighted by atomic mass is 16.5. The van der Waals surface area contributed by atoms with Crippen LogP contribution in [0.2, 0.25) is 0 Å². The predicted molar refractivity (Wildman–Crippen MR) is 92.1 cm³/mol. The molecule has 0 amide bonds. The molecule has 0 heterocycles. The summed E-state index contributed by atoms with van der Waals surface area (Å²) in [5, 5.41) is 0. The number of benzene rings is 1. The number of esters is 1. The molecule has 3 heteroatoms. The second-order valence-corrected chi connectivity index (χ2v) is 6.26. The van der Waals surface area contributed by atoms with E-state index in [0.717, 1.165) is 31.6 Å². The molecule has 0 aliphatic carbocycles. The monoisotopic (exact) mass is 305 g/mol. The topological polar surface area (TPSA) is 29.5 Å². The van der Waals surface area contributed by atoms with Crippen LogP contribution in [-0.4, -0.2) is 37.1 Å². The van der Waals surface area contributed by atoms with Crippen molar-refractivity contribution in [1.82, 2.24) is 4.90 Å². The minimum atomic E-state index is -0.204. The molecule has 124 valence electrons. The first kappa shape index (κ1) is 18.7. The van der Waals surface area contributed by atoms with Crippen LogP contribution in [0.25, 0.3) is 0 Å². The lowest BCUT2D eigenvalue weighted by Crippen LogP contribution is -2.28. The van der Waals surface area contributed by atoms with Crippen LogP contribution in [0.5, 0.6) is 0 Å². The molecule has 0 saturated heterocycles. The van der Waals surface area contributed by atoms with Gasteiger partial charge in [-0.25, -0.2) is 0 Å². The Hall–Kier alpha value is -1.35. The lowest BCUT2D eigenvalue weighted by molar-refractivity contribution is -0.145. The maximum Gasteiger partial charge on any atom is 0.313 e. The number of hydrogen-bond acceptors (Lipinski definition) is 3. The number of ether oxygens (including phenoxy) is 1. The molecular formula is C19H31NO2. The van der Waals surface area contributed by atoms with E-state index in [-0.39, 0.29) is 11.9 Å². The van der Waals surface area contributed by atoms with Gasteiger partial charge in [-0.05, 0) is 43.5 Å². The van der Waals surface area contributed by atoms with E-state index in [1.165, 1.54) is 5.56 Å². The van der Waals surface area contributed by atoms with E-state index in [1.54, 1.807) is 0 Å². The van der Waals surface area contributed by atoms with Crippen molar-refractivity contribution in [2.24, 2.45) is 5.92 Å². The van der Waals surface area contributed by atoms with Crippen LogP contribution in [0.1, 0.15) is 51.7 Å². The van der Waals surface area contributed by atoms with Crippen LogP contribution in [0.15, 0.2) is 24.3 Å². The van der Waals surface area contributed by atoms with E-state index in [9.17, 15) is 4.79 Å². The molecule has 0 N–H and O–H groups in total. The molecule has 0 fully saturated rings. The van der Waals surface area contributed by atoms with Gasteiger partial charge in [-0.2, -0.15) is 0 Å². The van der Waals surface area contributed by atoms with Crippen LogP contribution in [0.3, 0.4) is 0 Å². The SMILES string of the molecule is CCN(CC)CCOC(=O)C(C)c1ccc(CC(C)C)cc1. The van der Waals surface area contributed by atoms with Crippen molar-refractivity contribution in [2.45, 2.75) is 47.0 Å². The van der Waals surface area contributed by atoms with E-state index in [4.69, 9.17) is 4.74 Å². The summed E-state index contributed by atoms with van der Waals surface area (Å²) in [5.41, 5.74) is 2.35. The zero-order valence-electron chi connectivity index (χ0n) is 14.8. The summed E-state index contributed by atoms with van der Waals surface area (Å²) in [4.78, 5) is 14.4. The van der Waals surface area contributed by atoms with Gasteiger partial charge in [0.15, 0.2) is 0 Å². The van der Waals surface area contributed by atoms with Gasteiger partial charge in [-0.15, -0.1) is 0 Å². The number of likely N-dealkylation sites (N-methyl/N-ethyl adjacent to an activating group) is 1. The Morgan fingerprint density at radius 1 is 1.09 bits per heavy atom. The third-order valence-corrected chi connectivity index (χ3v) is 4.02. The van der Waals surface area contributed by atoms with Crippen molar-refractivity contribution in [2.75, 3.05) is 26.2 Å². The fourth-order valence-corrected chi connectivity index (χ4v) is 2.49. The van der Waals surface area contributed by atoms with Crippen molar-refractivity contribution in [3.8, 4) is 0 Å². The van der Waals surface area contributed by atoms with Crippen molar-refractivity contribution in [3.63, 3.8) is 0 Å². The van der Waals surface area contributed by atoms with Crippen LogP contribution >= 0.6 is 0 Å². The zero-order chi connectivity index (χ0) is 16.5. The molecule has 1 unspecified atom stereocenters. The Bertz CT molecular complexity index is 435. The minimum Gasteiger partial charge on any atom is -0.464 e. The molecule has 0 spiro atoms. The highest BCUT2D eigenvalue weighted by molar-refractivity contribution is 5.77. The highest BCUT2D eigenvalue weighted by Gasteiger charge is 2.17. The second-order valence-electron chi connectivity index (χ2n) is 6.26. The largest absolute Gasteiger partial charge is 0.464 e. The number of carbonyl (C=O) groups excluding carboxylic acids is 1. The average molecular weight is 305 g/mol.